The number of anilines is 1. The highest BCUT2D eigenvalue weighted by molar-refractivity contribution is 9.10. The van der Waals surface area contributed by atoms with E-state index in [9.17, 15) is 0 Å². The standard InChI is InChI=1S/C13H12BrClN2/c14-12-4-5-13(17-9-12)16-8-11-3-1-2-10(6-11)7-15/h1-6,9H,7-8H2,(H,16,17). The highest BCUT2D eigenvalue weighted by Crippen LogP contribution is 2.12. The summed E-state index contributed by atoms with van der Waals surface area (Å²) in [7, 11) is 0. The molecule has 1 N–H and O–H groups in total. The Hall–Kier alpha value is -1.06. The molecule has 0 saturated carbocycles. The Morgan fingerprint density at radius 2 is 2.00 bits per heavy atom. The molecule has 0 aliphatic rings. The Labute approximate surface area is 114 Å². The maximum atomic E-state index is 5.80. The molecular formula is C13H12BrClN2. The van der Waals surface area contributed by atoms with E-state index in [2.05, 4.69) is 38.4 Å². The second-order valence-electron chi connectivity index (χ2n) is 3.67. The van der Waals surface area contributed by atoms with Crippen molar-refractivity contribution in [3.63, 3.8) is 0 Å². The molecule has 2 nitrogen and oxygen atoms in total. The van der Waals surface area contributed by atoms with Crippen LogP contribution in [0.15, 0.2) is 47.1 Å². The van der Waals surface area contributed by atoms with Gasteiger partial charge < -0.3 is 5.32 Å². The van der Waals surface area contributed by atoms with Crippen LogP contribution in [0.5, 0.6) is 0 Å². The first-order valence-corrected chi connectivity index (χ1v) is 6.60. The molecule has 2 aromatic rings. The van der Waals surface area contributed by atoms with Crippen molar-refractivity contribution in [1.29, 1.82) is 0 Å². The average molecular weight is 312 g/mol. The van der Waals surface area contributed by atoms with Crippen molar-refractivity contribution < 1.29 is 0 Å². The minimum atomic E-state index is 0.546. The van der Waals surface area contributed by atoms with Gasteiger partial charge in [0.25, 0.3) is 0 Å². The lowest BCUT2D eigenvalue weighted by Gasteiger charge is -2.06. The van der Waals surface area contributed by atoms with Gasteiger partial charge in [-0.25, -0.2) is 4.98 Å². The Morgan fingerprint density at radius 3 is 2.71 bits per heavy atom. The van der Waals surface area contributed by atoms with Crippen LogP contribution in [0.25, 0.3) is 0 Å². The SMILES string of the molecule is ClCc1cccc(CNc2ccc(Br)cn2)c1. The lowest BCUT2D eigenvalue weighted by atomic mass is 10.1. The molecule has 88 valence electrons. The third-order valence-corrected chi connectivity index (χ3v) is 3.12. The van der Waals surface area contributed by atoms with E-state index in [1.807, 2.05) is 24.3 Å². The lowest BCUT2D eigenvalue weighted by molar-refractivity contribution is 1.10. The summed E-state index contributed by atoms with van der Waals surface area (Å²) in [6.45, 7) is 0.749. The molecule has 0 spiro atoms. The predicted octanol–water partition coefficient (Wildman–Crippen LogP) is 4.20. The quantitative estimate of drug-likeness (QED) is 0.856. The summed E-state index contributed by atoms with van der Waals surface area (Å²) in [6.07, 6.45) is 1.78. The zero-order valence-corrected chi connectivity index (χ0v) is 11.5. The Balaban J connectivity index is 1.99. The van der Waals surface area contributed by atoms with Crippen LogP contribution in [-0.4, -0.2) is 4.98 Å². The van der Waals surface area contributed by atoms with Crippen molar-refractivity contribution in [1.82, 2.24) is 4.98 Å². The van der Waals surface area contributed by atoms with Gasteiger partial charge in [-0.05, 0) is 39.2 Å². The number of nitrogens with zero attached hydrogens (tertiary/aromatic N) is 1. The number of alkyl halides is 1. The van der Waals surface area contributed by atoms with Crippen LogP contribution in [-0.2, 0) is 12.4 Å². The number of aromatic nitrogens is 1. The number of pyridine rings is 1. The van der Waals surface area contributed by atoms with Crippen molar-refractivity contribution in [2.24, 2.45) is 0 Å². The minimum Gasteiger partial charge on any atom is -0.366 e. The third-order valence-electron chi connectivity index (χ3n) is 2.35. The van der Waals surface area contributed by atoms with Crippen LogP contribution < -0.4 is 5.32 Å². The van der Waals surface area contributed by atoms with Crippen LogP contribution >= 0.6 is 27.5 Å². The first-order chi connectivity index (χ1) is 8.28. The van der Waals surface area contributed by atoms with Crippen LogP contribution in [0.4, 0.5) is 5.82 Å². The molecular weight excluding hydrogens is 300 g/mol. The normalized spacial score (nSPS) is 10.2. The van der Waals surface area contributed by atoms with E-state index in [1.165, 1.54) is 5.56 Å². The van der Waals surface area contributed by atoms with Crippen LogP contribution in [0.1, 0.15) is 11.1 Å². The fraction of sp³-hybridized carbons (Fsp3) is 0.154. The molecule has 0 aliphatic heterocycles. The number of nitrogens with one attached hydrogen (secondary N) is 1. The lowest BCUT2D eigenvalue weighted by Crippen LogP contribution is -2.01. The average Bonchev–Trinajstić information content (AvgIpc) is 2.38. The van der Waals surface area contributed by atoms with Crippen molar-refractivity contribution in [2.45, 2.75) is 12.4 Å². The molecule has 0 radical (unpaired) electrons. The second kappa shape index (κ2) is 6.03. The van der Waals surface area contributed by atoms with Crippen LogP contribution in [0.3, 0.4) is 0 Å². The largest absolute Gasteiger partial charge is 0.366 e. The highest BCUT2D eigenvalue weighted by atomic mass is 79.9. The molecule has 4 heteroatoms. The number of rotatable bonds is 4. The number of halogens is 2. The van der Waals surface area contributed by atoms with Crippen LogP contribution in [0.2, 0.25) is 0 Å². The van der Waals surface area contributed by atoms with E-state index in [0.29, 0.717) is 5.88 Å². The minimum absolute atomic E-state index is 0.546. The monoisotopic (exact) mass is 310 g/mol. The Morgan fingerprint density at radius 1 is 1.18 bits per heavy atom. The molecule has 0 unspecified atom stereocenters. The zero-order valence-electron chi connectivity index (χ0n) is 9.16. The van der Waals surface area contributed by atoms with E-state index in [0.717, 1.165) is 22.4 Å². The van der Waals surface area contributed by atoms with Gasteiger partial charge >= 0.3 is 0 Å². The van der Waals surface area contributed by atoms with Crippen molar-refractivity contribution >= 4 is 33.3 Å². The van der Waals surface area contributed by atoms with Gasteiger partial charge in [0.2, 0.25) is 0 Å². The number of hydrogen-bond donors (Lipinski definition) is 1. The highest BCUT2D eigenvalue weighted by Gasteiger charge is 1.97. The molecule has 0 aliphatic carbocycles. The van der Waals surface area contributed by atoms with Gasteiger partial charge in [-0.1, -0.05) is 24.3 Å². The van der Waals surface area contributed by atoms with Gasteiger partial charge in [0.1, 0.15) is 5.82 Å². The van der Waals surface area contributed by atoms with Gasteiger partial charge in [0.05, 0.1) is 0 Å². The van der Waals surface area contributed by atoms with Gasteiger partial charge in [-0.3, -0.25) is 0 Å². The summed E-state index contributed by atoms with van der Waals surface area (Å²) in [5.74, 6) is 1.41. The topological polar surface area (TPSA) is 24.9 Å². The molecule has 1 heterocycles. The van der Waals surface area contributed by atoms with E-state index in [-0.39, 0.29) is 0 Å². The molecule has 17 heavy (non-hydrogen) atoms. The smallest absolute Gasteiger partial charge is 0.126 e. The fourth-order valence-electron chi connectivity index (χ4n) is 1.50. The molecule has 0 saturated heterocycles. The van der Waals surface area contributed by atoms with E-state index in [4.69, 9.17) is 11.6 Å². The zero-order chi connectivity index (χ0) is 12.1. The molecule has 0 atom stereocenters. The van der Waals surface area contributed by atoms with E-state index >= 15 is 0 Å². The van der Waals surface area contributed by atoms with Gasteiger partial charge in [0, 0.05) is 23.1 Å². The Kier molecular flexibility index (Phi) is 4.40. The second-order valence-corrected chi connectivity index (χ2v) is 4.85. The molecule has 0 amide bonds. The molecule has 1 aromatic carbocycles. The summed E-state index contributed by atoms with van der Waals surface area (Å²) in [5.41, 5.74) is 2.34. The first kappa shape index (κ1) is 12.4. The summed E-state index contributed by atoms with van der Waals surface area (Å²) >= 11 is 9.15. The van der Waals surface area contributed by atoms with Crippen molar-refractivity contribution in [2.75, 3.05) is 5.32 Å². The van der Waals surface area contributed by atoms with E-state index < -0.39 is 0 Å². The van der Waals surface area contributed by atoms with Gasteiger partial charge in [0.15, 0.2) is 0 Å². The summed E-state index contributed by atoms with van der Waals surface area (Å²) in [5, 5.41) is 3.26. The summed E-state index contributed by atoms with van der Waals surface area (Å²) in [6, 6.07) is 12.1. The van der Waals surface area contributed by atoms with Crippen LogP contribution in [0, 0.1) is 0 Å². The van der Waals surface area contributed by atoms with E-state index in [1.54, 1.807) is 6.20 Å². The molecule has 0 fully saturated rings. The summed E-state index contributed by atoms with van der Waals surface area (Å²) < 4.78 is 0.979. The molecule has 2 rings (SSSR count). The first-order valence-electron chi connectivity index (χ1n) is 5.27. The van der Waals surface area contributed by atoms with Gasteiger partial charge in [-0.15, -0.1) is 11.6 Å². The maximum Gasteiger partial charge on any atom is 0.126 e. The van der Waals surface area contributed by atoms with Crippen molar-refractivity contribution in [3.05, 3.63) is 58.2 Å². The van der Waals surface area contributed by atoms with Crippen molar-refractivity contribution in [3.8, 4) is 0 Å². The third kappa shape index (κ3) is 3.72. The molecule has 1 aromatic heterocycles. The molecule has 0 bridgehead atoms. The summed E-state index contributed by atoms with van der Waals surface area (Å²) in [4.78, 5) is 4.25. The predicted molar refractivity (Wildman–Crippen MR) is 75.3 cm³/mol. The fourth-order valence-corrected chi connectivity index (χ4v) is 1.90. The number of hydrogen-bond acceptors (Lipinski definition) is 2. The Bertz CT molecular complexity index is 485. The number of benzene rings is 1. The van der Waals surface area contributed by atoms with Gasteiger partial charge in [-0.2, -0.15) is 0 Å². The maximum absolute atomic E-state index is 5.80.